The molecule has 3 saturated carbocycles. The van der Waals surface area contributed by atoms with Crippen molar-refractivity contribution in [3.63, 3.8) is 0 Å². The number of nitrogens with zero attached hydrogens (tertiary/aromatic N) is 3. The number of allylic oxidation sites excluding steroid dienone is 1. The molecular formula is C40H50N6O7S2. The monoisotopic (exact) mass is 790 g/mol. The summed E-state index contributed by atoms with van der Waals surface area (Å²) in [6.07, 6.45) is 11.0. The molecule has 6 aliphatic rings. The smallest absolute Gasteiger partial charge is 0.410 e. The normalized spacial score (nSPS) is 29.3. The van der Waals surface area contributed by atoms with Gasteiger partial charge in [0.15, 0.2) is 5.13 Å². The van der Waals surface area contributed by atoms with Crippen molar-refractivity contribution in [2.75, 3.05) is 11.9 Å². The van der Waals surface area contributed by atoms with Crippen LogP contribution in [-0.2, 0) is 47.6 Å². The van der Waals surface area contributed by atoms with Crippen LogP contribution in [0.3, 0.4) is 0 Å². The number of ether oxygens (including phenoxy) is 1. The van der Waals surface area contributed by atoms with Crippen LogP contribution in [0.4, 0.5) is 9.93 Å². The van der Waals surface area contributed by atoms with Gasteiger partial charge in [0.1, 0.15) is 23.7 Å². The van der Waals surface area contributed by atoms with Gasteiger partial charge in [-0.15, -0.1) is 17.9 Å². The standard InChI is InChI=1S/C40H50N6O7S2/c1-4-27-19-40(27,36(49)44-55(51,52)29-15-16-29)43-34(47)31-18-28-21-46(31)35(48)33(25-10-6-5-7-11-25)42-37-41-32(23-54-37)39(2,3)17-9-14-24-12-8-13-26-20-45(22-30(24)26)38(50)53-28/h4,8-9,12-14,23,25,27-29,31,33H,1,5-7,10-11,15-22H2,2-3H3,(H,41,42)(H,43,47)(H,44,49)/t27-,28-,31+,33+,40-/m1/s1. The second kappa shape index (κ2) is 14.4. The Kier molecular flexibility index (Phi) is 9.84. The summed E-state index contributed by atoms with van der Waals surface area (Å²) in [5.74, 6) is -2.22. The van der Waals surface area contributed by atoms with Crippen LogP contribution in [0.5, 0.6) is 0 Å². The molecule has 15 heteroatoms. The second-order valence-electron chi connectivity index (χ2n) is 16.8. The highest BCUT2D eigenvalue weighted by Gasteiger charge is 2.62. The number of anilines is 1. The molecular weight excluding hydrogens is 741 g/mol. The van der Waals surface area contributed by atoms with Crippen LogP contribution in [0.1, 0.15) is 100 Å². The van der Waals surface area contributed by atoms with E-state index in [0.717, 1.165) is 60.9 Å². The van der Waals surface area contributed by atoms with E-state index in [2.05, 4.69) is 47.9 Å². The Morgan fingerprint density at radius 2 is 1.89 bits per heavy atom. The van der Waals surface area contributed by atoms with Gasteiger partial charge in [0.25, 0.3) is 5.91 Å². The molecule has 3 aliphatic heterocycles. The molecule has 4 amide bonds. The Morgan fingerprint density at radius 1 is 1.11 bits per heavy atom. The Hall–Kier alpha value is -4.24. The molecule has 55 heavy (non-hydrogen) atoms. The fraction of sp³-hybridized carbons (Fsp3) is 0.575. The van der Waals surface area contributed by atoms with E-state index in [-0.39, 0.29) is 36.6 Å². The summed E-state index contributed by atoms with van der Waals surface area (Å²) in [6.45, 7) is 8.83. The maximum Gasteiger partial charge on any atom is 0.410 e. The van der Waals surface area contributed by atoms with Gasteiger partial charge in [0.2, 0.25) is 21.8 Å². The zero-order valence-corrected chi connectivity index (χ0v) is 33.1. The van der Waals surface area contributed by atoms with Gasteiger partial charge in [-0.25, -0.2) is 18.2 Å². The van der Waals surface area contributed by atoms with Crippen molar-refractivity contribution in [1.82, 2.24) is 24.8 Å². The van der Waals surface area contributed by atoms with Crippen molar-refractivity contribution in [1.29, 1.82) is 0 Å². The first-order valence-electron chi connectivity index (χ1n) is 19.5. The van der Waals surface area contributed by atoms with Crippen molar-refractivity contribution < 1.29 is 32.3 Å². The van der Waals surface area contributed by atoms with Gasteiger partial charge in [0, 0.05) is 29.7 Å². The van der Waals surface area contributed by atoms with Crippen molar-refractivity contribution in [3.05, 3.63) is 64.7 Å². The van der Waals surface area contributed by atoms with E-state index in [9.17, 15) is 27.6 Å². The number of benzene rings is 1. The van der Waals surface area contributed by atoms with Crippen LogP contribution >= 0.6 is 11.3 Å². The number of nitrogens with one attached hydrogen (secondary N) is 3. The van der Waals surface area contributed by atoms with E-state index in [4.69, 9.17) is 9.72 Å². The molecule has 3 aliphatic carbocycles. The number of aromatic nitrogens is 1. The molecule has 1 aromatic carbocycles. The van der Waals surface area contributed by atoms with E-state index in [1.807, 2.05) is 23.6 Å². The number of fused-ring (bicyclic) bond motifs is 5. The van der Waals surface area contributed by atoms with Gasteiger partial charge >= 0.3 is 6.09 Å². The maximum absolute atomic E-state index is 14.9. The molecule has 4 fully saturated rings. The average molecular weight is 791 g/mol. The molecule has 3 N–H and O–H groups in total. The van der Waals surface area contributed by atoms with Gasteiger partial charge in [-0.3, -0.25) is 24.0 Å². The van der Waals surface area contributed by atoms with Gasteiger partial charge in [-0.1, -0.05) is 69.5 Å². The summed E-state index contributed by atoms with van der Waals surface area (Å²) in [5.41, 5.74) is 2.21. The quantitative estimate of drug-likeness (QED) is 0.328. The van der Waals surface area contributed by atoms with Crippen LogP contribution < -0.4 is 15.4 Å². The highest BCUT2D eigenvalue weighted by atomic mass is 32.2. The minimum Gasteiger partial charge on any atom is -0.444 e. The Labute approximate surface area is 326 Å². The number of rotatable bonds is 7. The summed E-state index contributed by atoms with van der Waals surface area (Å²) in [7, 11) is -3.88. The highest BCUT2D eigenvalue weighted by Crippen LogP contribution is 2.46. The van der Waals surface area contributed by atoms with E-state index in [1.165, 1.54) is 22.3 Å². The van der Waals surface area contributed by atoms with Gasteiger partial charge in [-0.05, 0) is 61.1 Å². The third kappa shape index (κ3) is 7.41. The lowest BCUT2D eigenvalue weighted by Gasteiger charge is -2.35. The predicted octanol–water partition coefficient (Wildman–Crippen LogP) is 4.99. The second-order valence-corrected chi connectivity index (χ2v) is 19.6. The number of hydrogen-bond donors (Lipinski definition) is 3. The first-order valence-corrected chi connectivity index (χ1v) is 22.0. The molecule has 8 rings (SSSR count). The third-order valence-corrected chi connectivity index (χ3v) is 15.0. The summed E-state index contributed by atoms with van der Waals surface area (Å²) >= 11 is 1.45. The lowest BCUT2D eigenvalue weighted by atomic mass is 9.83. The fourth-order valence-corrected chi connectivity index (χ4v) is 11.0. The summed E-state index contributed by atoms with van der Waals surface area (Å²) in [4.78, 5) is 64.8. The number of amides is 4. The zero-order valence-electron chi connectivity index (χ0n) is 31.4. The summed E-state index contributed by atoms with van der Waals surface area (Å²) < 4.78 is 33.8. The molecule has 6 bridgehead atoms. The Bertz CT molecular complexity index is 2040. The van der Waals surface area contributed by atoms with Crippen LogP contribution in [0, 0.1) is 11.8 Å². The number of hydrogen-bond acceptors (Lipinski definition) is 10. The Morgan fingerprint density at radius 3 is 2.62 bits per heavy atom. The van der Waals surface area contributed by atoms with Gasteiger partial charge < -0.3 is 20.3 Å². The molecule has 0 unspecified atom stereocenters. The molecule has 294 valence electrons. The van der Waals surface area contributed by atoms with Crippen LogP contribution in [0.25, 0.3) is 6.08 Å². The van der Waals surface area contributed by atoms with E-state index in [0.29, 0.717) is 31.1 Å². The first kappa shape index (κ1) is 37.7. The summed E-state index contributed by atoms with van der Waals surface area (Å²) in [6, 6.07) is 4.27. The molecule has 13 nitrogen and oxygen atoms in total. The maximum atomic E-state index is 14.9. The van der Waals surface area contributed by atoms with Crippen molar-refractivity contribution in [2.24, 2.45) is 11.8 Å². The number of thiazole rings is 1. The third-order valence-electron chi connectivity index (χ3n) is 12.4. The summed E-state index contributed by atoms with van der Waals surface area (Å²) in [5, 5.41) is 8.39. The van der Waals surface area contributed by atoms with Gasteiger partial charge in [-0.2, -0.15) is 0 Å². The largest absolute Gasteiger partial charge is 0.444 e. The highest BCUT2D eigenvalue weighted by molar-refractivity contribution is 7.91. The number of carbonyl (C=O) groups excluding carboxylic acids is 4. The van der Waals surface area contributed by atoms with Crippen LogP contribution in [0.2, 0.25) is 0 Å². The van der Waals surface area contributed by atoms with Crippen LogP contribution in [-0.4, -0.2) is 82.5 Å². The number of sulfonamides is 1. The minimum absolute atomic E-state index is 0.0152. The molecule has 2 aromatic rings. The lowest BCUT2D eigenvalue weighted by molar-refractivity contribution is -0.141. The SMILES string of the molecule is C=C[C@@H]1C[C@]1(NC(=O)[C@@H]1C[C@@H]2CN1C(=O)[C@H](C1CCCCC1)Nc1nc(cs1)C(C)(C)CC=Cc1cccc3c1CN(C3)C(=O)O2)C(=O)NS(=O)(=O)C1CC1. The van der Waals surface area contributed by atoms with Crippen molar-refractivity contribution in [3.8, 4) is 0 Å². The topological polar surface area (TPSA) is 167 Å². The molecule has 0 spiro atoms. The van der Waals surface area contributed by atoms with Crippen molar-refractivity contribution >= 4 is 56.4 Å². The lowest BCUT2D eigenvalue weighted by Crippen LogP contribution is -2.58. The Balaban J connectivity index is 1.12. The predicted molar refractivity (Wildman–Crippen MR) is 208 cm³/mol. The minimum atomic E-state index is -3.88. The average Bonchev–Trinajstić information content (AvgIpc) is 3.96. The van der Waals surface area contributed by atoms with Gasteiger partial charge in [0.05, 0.1) is 24.0 Å². The fourth-order valence-electron chi connectivity index (χ4n) is 8.74. The van der Waals surface area contributed by atoms with E-state index in [1.54, 1.807) is 4.90 Å². The zero-order chi connectivity index (χ0) is 38.7. The molecule has 4 heterocycles. The number of carbonyl (C=O) groups is 4. The van der Waals surface area contributed by atoms with E-state index < -0.39 is 62.8 Å². The molecule has 1 saturated heterocycles. The molecule has 1 aromatic heterocycles. The molecule has 0 radical (unpaired) electrons. The van der Waals surface area contributed by atoms with Crippen molar-refractivity contribution in [2.45, 2.75) is 126 Å². The first-order chi connectivity index (χ1) is 26.3. The van der Waals surface area contributed by atoms with Crippen LogP contribution in [0.15, 0.2) is 42.3 Å². The molecule has 5 atom stereocenters. The van der Waals surface area contributed by atoms with E-state index >= 15 is 0 Å².